The number of ether oxygens (including phenoxy) is 1. The Balaban J connectivity index is 0.00000225. The number of fused-ring (bicyclic) bond motifs is 2. The van der Waals surface area contributed by atoms with Crippen LogP contribution in [0.15, 0.2) is 14.6 Å². The van der Waals surface area contributed by atoms with Crippen LogP contribution in [0.25, 0.3) is 0 Å². The van der Waals surface area contributed by atoms with E-state index in [1.807, 2.05) is 0 Å². The zero-order valence-corrected chi connectivity index (χ0v) is 16.9. The Labute approximate surface area is 166 Å². The van der Waals surface area contributed by atoms with E-state index in [1.54, 1.807) is 0 Å². The number of hydrogen-bond acceptors (Lipinski definition) is 10. The quantitative estimate of drug-likeness (QED) is 0.156. The molecule has 15 heteroatoms. The van der Waals surface area contributed by atoms with Gasteiger partial charge in [-0.25, -0.2) is 4.57 Å². The Bertz CT molecular complexity index is 815. The number of anilines is 3. The molecule has 0 bridgehead atoms. The summed E-state index contributed by atoms with van der Waals surface area (Å²) in [5.41, 5.74) is 5.22. The summed E-state index contributed by atoms with van der Waals surface area (Å²) in [6, 6.07) is -0.550. The van der Waals surface area contributed by atoms with Gasteiger partial charge in [-0.05, 0) is 0 Å². The first-order valence-electron chi connectivity index (χ1n) is 6.56. The molecule has 1 aromatic rings. The topological polar surface area (TPSA) is 172 Å². The standard InChI is InChI=1S/C10H14N5O6PS2.Mo/c11-10-14-7-4(8(16)15-10)12-3-6(24)5(23)2(21-9(3)13-7)1-20-22(17,18)19;/h2-3,9,12,23-24H,1H2,(H2,17,18,19)(H4,11,13,14,15,16);/q;+2. The number of hydrogen-bond donors (Lipinski definition) is 8. The molecule has 0 fully saturated rings. The summed E-state index contributed by atoms with van der Waals surface area (Å²) in [5, 5.41) is 5.84. The van der Waals surface area contributed by atoms with E-state index in [0.717, 1.165) is 0 Å². The third kappa shape index (κ3) is 4.42. The minimum Gasteiger partial charge on any atom is -0.369 e. The number of nitrogens with two attached hydrogens (primary N) is 1. The largest absolute Gasteiger partial charge is 2.00 e. The molecule has 7 N–H and O–H groups in total. The summed E-state index contributed by atoms with van der Waals surface area (Å²) in [7, 11) is -4.65. The zero-order chi connectivity index (χ0) is 17.6. The minimum atomic E-state index is -4.65. The molecule has 3 unspecified atom stereocenters. The van der Waals surface area contributed by atoms with Gasteiger partial charge in [0.25, 0.3) is 5.56 Å². The van der Waals surface area contributed by atoms with Crippen LogP contribution < -0.4 is 21.9 Å². The maximum Gasteiger partial charge on any atom is 2.00 e. The van der Waals surface area contributed by atoms with Crippen LogP contribution in [0.4, 0.5) is 17.5 Å². The predicted octanol–water partition coefficient (Wildman–Crippen LogP) is -0.539. The van der Waals surface area contributed by atoms with Gasteiger partial charge in [0.2, 0.25) is 5.95 Å². The third-order valence-electron chi connectivity index (χ3n) is 3.39. The minimum absolute atomic E-state index is 0. The smallest absolute Gasteiger partial charge is 0.369 e. The molecule has 136 valence electrons. The second-order valence-corrected chi connectivity index (χ2v) is 7.25. The predicted molar refractivity (Wildman–Crippen MR) is 92.0 cm³/mol. The van der Waals surface area contributed by atoms with Gasteiger partial charge < -0.3 is 30.9 Å². The molecule has 11 nitrogen and oxygen atoms in total. The molecular formula is C10H14MoN5O6PS2+2. The van der Waals surface area contributed by atoms with Gasteiger partial charge in [0.05, 0.1) is 6.61 Å². The Kier molecular flexibility index (Phi) is 6.33. The number of rotatable bonds is 3. The van der Waals surface area contributed by atoms with Crippen LogP contribution in [-0.4, -0.2) is 44.7 Å². The molecule has 3 atom stereocenters. The Morgan fingerprint density at radius 1 is 1.32 bits per heavy atom. The molecule has 2 aliphatic heterocycles. The molecule has 25 heavy (non-hydrogen) atoms. The van der Waals surface area contributed by atoms with Crippen molar-refractivity contribution in [2.24, 2.45) is 0 Å². The van der Waals surface area contributed by atoms with E-state index in [4.69, 9.17) is 20.3 Å². The molecule has 0 aliphatic carbocycles. The van der Waals surface area contributed by atoms with Gasteiger partial charge >= 0.3 is 28.9 Å². The van der Waals surface area contributed by atoms with Crippen molar-refractivity contribution in [3.63, 3.8) is 0 Å². The van der Waals surface area contributed by atoms with Crippen LogP contribution >= 0.6 is 33.1 Å². The van der Waals surface area contributed by atoms with Crippen molar-refractivity contribution in [3.05, 3.63) is 20.2 Å². The summed E-state index contributed by atoms with van der Waals surface area (Å²) >= 11 is 8.63. The van der Waals surface area contributed by atoms with E-state index in [-0.39, 0.29) is 38.5 Å². The summed E-state index contributed by atoms with van der Waals surface area (Å²) in [6.07, 6.45) is -1.58. The number of phosphoric acid groups is 1. The van der Waals surface area contributed by atoms with Crippen LogP contribution in [0.1, 0.15) is 0 Å². The monoisotopic (exact) mass is 493 g/mol. The normalized spacial score (nSPS) is 25.2. The molecule has 2 aliphatic rings. The molecular weight excluding hydrogens is 477 g/mol. The summed E-state index contributed by atoms with van der Waals surface area (Å²) in [4.78, 5) is 36.7. The first kappa shape index (κ1) is 20.8. The summed E-state index contributed by atoms with van der Waals surface area (Å²) in [6.45, 7) is -0.421. The second kappa shape index (κ2) is 7.61. The number of aromatic amines is 1. The van der Waals surface area contributed by atoms with Crippen molar-refractivity contribution >= 4 is 50.5 Å². The number of H-pyrrole nitrogens is 1. The average molecular weight is 491 g/mol. The summed E-state index contributed by atoms with van der Waals surface area (Å²) in [5.74, 6) is 0.121. The molecule has 3 heterocycles. The molecule has 0 aromatic carbocycles. The van der Waals surface area contributed by atoms with Crippen molar-refractivity contribution in [2.75, 3.05) is 23.0 Å². The molecule has 0 saturated carbocycles. The van der Waals surface area contributed by atoms with Gasteiger partial charge in [-0.3, -0.25) is 14.3 Å². The van der Waals surface area contributed by atoms with Crippen LogP contribution in [0.2, 0.25) is 0 Å². The number of phosphoric ester groups is 1. The van der Waals surface area contributed by atoms with E-state index in [9.17, 15) is 9.36 Å². The number of nitrogens with one attached hydrogen (secondary N) is 3. The first-order valence-corrected chi connectivity index (χ1v) is 8.98. The van der Waals surface area contributed by atoms with Crippen molar-refractivity contribution in [3.8, 4) is 0 Å². The molecule has 1 aromatic heterocycles. The van der Waals surface area contributed by atoms with E-state index in [1.165, 1.54) is 0 Å². The molecule has 0 radical (unpaired) electrons. The molecule has 0 saturated heterocycles. The number of aromatic nitrogens is 2. The van der Waals surface area contributed by atoms with Gasteiger partial charge in [0.1, 0.15) is 17.8 Å². The Morgan fingerprint density at radius 3 is 2.64 bits per heavy atom. The van der Waals surface area contributed by atoms with Gasteiger partial charge in [-0.2, -0.15) is 4.98 Å². The fraction of sp³-hybridized carbons (Fsp3) is 0.400. The van der Waals surface area contributed by atoms with Crippen molar-refractivity contribution in [2.45, 2.75) is 18.4 Å². The van der Waals surface area contributed by atoms with Gasteiger partial charge in [-0.15, -0.1) is 25.3 Å². The average Bonchev–Trinajstić information content (AvgIpc) is 2.47. The first-order chi connectivity index (χ1) is 11.2. The SMILES string of the molecule is Nc1nc2c(c(=O)[nH]1)NC1C(S)=C(S)C(COP(=O)(O)O)OC1N2.[Mo+2]. The molecule has 0 amide bonds. The maximum atomic E-state index is 11.9. The molecule has 0 spiro atoms. The fourth-order valence-corrected chi connectivity index (χ4v) is 3.30. The van der Waals surface area contributed by atoms with E-state index in [0.29, 0.717) is 9.81 Å². The van der Waals surface area contributed by atoms with Gasteiger partial charge in [0.15, 0.2) is 12.0 Å². The van der Waals surface area contributed by atoms with Crippen LogP contribution in [-0.2, 0) is 34.9 Å². The van der Waals surface area contributed by atoms with Crippen molar-refractivity contribution < 1.29 is 44.7 Å². The Hall–Kier alpha value is -0.522. The van der Waals surface area contributed by atoms with Gasteiger partial charge in [-0.1, -0.05) is 0 Å². The molecule has 3 rings (SSSR count). The summed E-state index contributed by atoms with van der Waals surface area (Å²) < 4.78 is 21.0. The zero-order valence-electron chi connectivity index (χ0n) is 12.2. The number of thiol groups is 2. The third-order valence-corrected chi connectivity index (χ3v) is 5.10. The van der Waals surface area contributed by atoms with E-state index in [2.05, 4.69) is 50.4 Å². The van der Waals surface area contributed by atoms with E-state index >= 15 is 0 Å². The maximum absolute atomic E-state index is 11.9. The van der Waals surface area contributed by atoms with Crippen LogP contribution in [0, 0.1) is 0 Å². The van der Waals surface area contributed by atoms with Crippen LogP contribution in [0.3, 0.4) is 0 Å². The second-order valence-electron chi connectivity index (χ2n) is 5.04. The number of nitrogens with zero attached hydrogens (tertiary/aromatic N) is 1. The van der Waals surface area contributed by atoms with E-state index < -0.39 is 38.4 Å². The fourth-order valence-electron chi connectivity index (χ4n) is 2.35. The van der Waals surface area contributed by atoms with Crippen LogP contribution in [0.5, 0.6) is 0 Å². The van der Waals surface area contributed by atoms with Gasteiger partial charge in [0, 0.05) is 9.81 Å². The Morgan fingerprint density at radius 2 is 2.00 bits per heavy atom. The van der Waals surface area contributed by atoms with Crippen molar-refractivity contribution in [1.29, 1.82) is 0 Å². The number of nitrogen functional groups attached to an aromatic ring is 1. The van der Waals surface area contributed by atoms with Crippen molar-refractivity contribution in [1.82, 2.24) is 9.97 Å².